The third-order valence-corrected chi connectivity index (χ3v) is 5.80. The highest BCUT2D eigenvalue weighted by Crippen LogP contribution is 2.31. The fourth-order valence-electron chi connectivity index (χ4n) is 3.06. The number of benzene rings is 2. The summed E-state index contributed by atoms with van der Waals surface area (Å²) >= 11 is 0. The van der Waals surface area contributed by atoms with Gasteiger partial charge in [-0.2, -0.15) is 0 Å². The summed E-state index contributed by atoms with van der Waals surface area (Å²) in [7, 11) is -2.67. The van der Waals surface area contributed by atoms with Gasteiger partial charge in [0.1, 0.15) is 0 Å². The van der Waals surface area contributed by atoms with E-state index in [9.17, 15) is 18.0 Å². The molecule has 1 heterocycles. The standard InChI is InChI=1S/C19H20N2O5S/c1-3-18(22)21-11-10-13-12-14(8-9-17(13)21)27(24,25)20-16-7-5-4-6-15(16)19(23)26-2/h4-9,12,20H,3,10-11H2,1-2H3. The van der Waals surface area contributed by atoms with E-state index in [1.807, 2.05) is 0 Å². The Morgan fingerprint density at radius 2 is 1.93 bits per heavy atom. The molecule has 0 radical (unpaired) electrons. The van der Waals surface area contributed by atoms with Crippen molar-refractivity contribution in [2.24, 2.45) is 0 Å². The number of hydrogen-bond donors (Lipinski definition) is 1. The molecule has 2 aromatic rings. The number of rotatable bonds is 5. The van der Waals surface area contributed by atoms with E-state index < -0.39 is 16.0 Å². The Kier molecular flexibility index (Phi) is 5.18. The second-order valence-electron chi connectivity index (χ2n) is 6.08. The van der Waals surface area contributed by atoms with Crippen molar-refractivity contribution >= 4 is 33.3 Å². The first-order chi connectivity index (χ1) is 12.9. The molecule has 1 N–H and O–H groups in total. The number of nitrogens with one attached hydrogen (secondary N) is 1. The number of anilines is 2. The van der Waals surface area contributed by atoms with Crippen LogP contribution in [-0.2, 0) is 26.0 Å². The van der Waals surface area contributed by atoms with Crippen molar-refractivity contribution in [3.8, 4) is 0 Å². The van der Waals surface area contributed by atoms with Gasteiger partial charge in [0.15, 0.2) is 0 Å². The predicted octanol–water partition coefficient (Wildman–Crippen LogP) is 2.57. The molecule has 27 heavy (non-hydrogen) atoms. The highest BCUT2D eigenvalue weighted by atomic mass is 32.2. The summed E-state index contributed by atoms with van der Waals surface area (Å²) in [5.41, 5.74) is 1.83. The zero-order valence-corrected chi connectivity index (χ0v) is 15.9. The Labute approximate surface area is 158 Å². The number of sulfonamides is 1. The summed E-state index contributed by atoms with van der Waals surface area (Å²) in [5, 5.41) is 0. The molecule has 0 aliphatic carbocycles. The Bertz CT molecular complexity index is 1000. The Morgan fingerprint density at radius 1 is 1.19 bits per heavy atom. The van der Waals surface area contributed by atoms with Crippen LogP contribution in [0.3, 0.4) is 0 Å². The number of fused-ring (bicyclic) bond motifs is 1. The zero-order valence-electron chi connectivity index (χ0n) is 15.1. The molecule has 0 spiro atoms. The number of hydrogen-bond acceptors (Lipinski definition) is 5. The molecular weight excluding hydrogens is 368 g/mol. The summed E-state index contributed by atoms with van der Waals surface area (Å²) in [6, 6.07) is 10.9. The Balaban J connectivity index is 1.92. The molecule has 0 fully saturated rings. The first kappa shape index (κ1) is 18.9. The van der Waals surface area contributed by atoms with Crippen molar-refractivity contribution in [1.29, 1.82) is 0 Å². The van der Waals surface area contributed by atoms with Gasteiger partial charge in [0, 0.05) is 18.7 Å². The molecule has 0 bridgehead atoms. The lowest BCUT2D eigenvalue weighted by Crippen LogP contribution is -2.27. The average molecular weight is 388 g/mol. The van der Waals surface area contributed by atoms with Crippen LogP contribution in [0.5, 0.6) is 0 Å². The Morgan fingerprint density at radius 3 is 2.63 bits per heavy atom. The number of nitrogens with zero attached hydrogens (tertiary/aromatic N) is 1. The van der Waals surface area contributed by atoms with E-state index in [1.54, 1.807) is 36.1 Å². The molecule has 8 heteroatoms. The summed E-state index contributed by atoms with van der Waals surface area (Å²) in [6.07, 6.45) is 0.995. The van der Waals surface area contributed by atoms with Gasteiger partial charge in [0.2, 0.25) is 5.91 Å². The fraction of sp³-hybridized carbons (Fsp3) is 0.263. The fourth-order valence-corrected chi connectivity index (χ4v) is 4.19. The van der Waals surface area contributed by atoms with Gasteiger partial charge in [-0.05, 0) is 42.3 Å². The van der Waals surface area contributed by atoms with Crippen LogP contribution < -0.4 is 9.62 Å². The third-order valence-electron chi connectivity index (χ3n) is 4.44. The zero-order chi connectivity index (χ0) is 19.6. The van der Waals surface area contributed by atoms with Crippen LogP contribution in [0.4, 0.5) is 11.4 Å². The van der Waals surface area contributed by atoms with Crippen molar-refractivity contribution in [3.05, 3.63) is 53.6 Å². The molecule has 1 amide bonds. The number of carbonyl (C=O) groups is 2. The minimum absolute atomic E-state index is 0.00878. The number of para-hydroxylation sites is 1. The maximum absolute atomic E-state index is 12.8. The number of ether oxygens (including phenoxy) is 1. The highest BCUT2D eigenvalue weighted by Gasteiger charge is 2.26. The van der Waals surface area contributed by atoms with Gasteiger partial charge in [-0.15, -0.1) is 0 Å². The molecule has 7 nitrogen and oxygen atoms in total. The monoisotopic (exact) mass is 388 g/mol. The second kappa shape index (κ2) is 7.40. The number of amides is 1. The number of esters is 1. The topological polar surface area (TPSA) is 92.8 Å². The lowest BCUT2D eigenvalue weighted by molar-refractivity contribution is -0.118. The first-order valence-corrected chi connectivity index (χ1v) is 9.99. The van der Waals surface area contributed by atoms with Crippen molar-refractivity contribution in [2.45, 2.75) is 24.7 Å². The summed E-state index contributed by atoms with van der Waals surface area (Å²) in [6.45, 7) is 2.34. The lowest BCUT2D eigenvalue weighted by Gasteiger charge is -2.17. The Hall–Kier alpha value is -2.87. The molecule has 2 aromatic carbocycles. The quantitative estimate of drug-likeness (QED) is 0.795. The minimum atomic E-state index is -3.90. The minimum Gasteiger partial charge on any atom is -0.465 e. The van der Waals surface area contributed by atoms with Crippen LogP contribution >= 0.6 is 0 Å². The average Bonchev–Trinajstić information content (AvgIpc) is 3.10. The molecule has 1 aliphatic heterocycles. The lowest BCUT2D eigenvalue weighted by atomic mass is 10.2. The van der Waals surface area contributed by atoms with Gasteiger partial charge < -0.3 is 9.64 Å². The summed E-state index contributed by atoms with van der Waals surface area (Å²) < 4.78 is 32.7. The molecule has 1 aliphatic rings. The predicted molar refractivity (Wildman–Crippen MR) is 101 cm³/mol. The summed E-state index contributed by atoms with van der Waals surface area (Å²) in [5.74, 6) is -0.620. The smallest absolute Gasteiger partial charge is 0.339 e. The van der Waals surface area contributed by atoms with Crippen molar-refractivity contribution < 1.29 is 22.7 Å². The second-order valence-corrected chi connectivity index (χ2v) is 7.76. The van der Waals surface area contributed by atoms with Crippen molar-refractivity contribution in [2.75, 3.05) is 23.3 Å². The van der Waals surface area contributed by atoms with Crippen LogP contribution in [-0.4, -0.2) is 33.9 Å². The van der Waals surface area contributed by atoms with Crippen LogP contribution in [0.15, 0.2) is 47.4 Å². The summed E-state index contributed by atoms with van der Waals surface area (Å²) in [4.78, 5) is 25.6. The normalized spacial score (nSPS) is 13.2. The molecule has 3 rings (SSSR count). The maximum Gasteiger partial charge on any atom is 0.339 e. The van der Waals surface area contributed by atoms with Gasteiger partial charge in [-0.3, -0.25) is 9.52 Å². The van der Waals surface area contributed by atoms with Gasteiger partial charge in [-0.1, -0.05) is 19.1 Å². The van der Waals surface area contributed by atoms with E-state index in [0.29, 0.717) is 19.4 Å². The number of methoxy groups -OCH3 is 1. The van der Waals surface area contributed by atoms with Crippen LogP contribution in [0.1, 0.15) is 29.3 Å². The molecule has 0 saturated carbocycles. The van der Waals surface area contributed by atoms with Crippen LogP contribution in [0.2, 0.25) is 0 Å². The van der Waals surface area contributed by atoms with E-state index in [4.69, 9.17) is 4.74 Å². The van der Waals surface area contributed by atoms with Crippen LogP contribution in [0, 0.1) is 0 Å². The van der Waals surface area contributed by atoms with Crippen molar-refractivity contribution in [1.82, 2.24) is 0 Å². The first-order valence-electron chi connectivity index (χ1n) is 8.51. The molecule has 0 saturated heterocycles. The molecule has 0 atom stereocenters. The van der Waals surface area contributed by atoms with Crippen molar-refractivity contribution in [3.63, 3.8) is 0 Å². The van der Waals surface area contributed by atoms with E-state index >= 15 is 0 Å². The third kappa shape index (κ3) is 3.66. The largest absolute Gasteiger partial charge is 0.465 e. The van der Waals surface area contributed by atoms with E-state index in [1.165, 1.54) is 25.3 Å². The van der Waals surface area contributed by atoms with Gasteiger partial charge in [0.25, 0.3) is 10.0 Å². The molecule has 0 unspecified atom stereocenters. The molecular formula is C19H20N2O5S. The van der Waals surface area contributed by atoms with E-state index in [2.05, 4.69) is 4.72 Å². The number of carbonyl (C=O) groups excluding carboxylic acids is 2. The molecule has 0 aromatic heterocycles. The van der Waals surface area contributed by atoms with E-state index in [0.717, 1.165) is 11.3 Å². The highest BCUT2D eigenvalue weighted by molar-refractivity contribution is 7.92. The van der Waals surface area contributed by atoms with Crippen LogP contribution in [0.25, 0.3) is 0 Å². The van der Waals surface area contributed by atoms with Gasteiger partial charge in [0.05, 0.1) is 23.3 Å². The van der Waals surface area contributed by atoms with Gasteiger partial charge in [-0.25, -0.2) is 13.2 Å². The van der Waals surface area contributed by atoms with Gasteiger partial charge >= 0.3 is 5.97 Å². The molecule has 142 valence electrons. The van der Waals surface area contributed by atoms with E-state index in [-0.39, 0.29) is 22.1 Å². The maximum atomic E-state index is 12.8. The SMILES string of the molecule is CCC(=O)N1CCc2cc(S(=O)(=O)Nc3ccccc3C(=O)OC)ccc21.